The number of allylic oxidation sites excluding steroid dienone is 1. The third-order valence-corrected chi connectivity index (χ3v) is 2.61. The van der Waals surface area contributed by atoms with E-state index in [1.165, 1.54) is 5.56 Å². The van der Waals surface area contributed by atoms with Gasteiger partial charge in [0.05, 0.1) is 6.61 Å². The van der Waals surface area contributed by atoms with E-state index in [1.807, 2.05) is 12.1 Å². The minimum absolute atomic E-state index is 0.0409. The molecule has 2 rings (SSSR count). The molecule has 0 bridgehead atoms. The molecule has 1 aliphatic rings. The van der Waals surface area contributed by atoms with Gasteiger partial charge in [-0.25, -0.2) is 0 Å². The summed E-state index contributed by atoms with van der Waals surface area (Å²) in [6.45, 7) is 5.64. The summed E-state index contributed by atoms with van der Waals surface area (Å²) in [4.78, 5) is 0. The fourth-order valence-corrected chi connectivity index (χ4v) is 1.37. The predicted octanol–water partition coefficient (Wildman–Crippen LogP) is 3.28. The summed E-state index contributed by atoms with van der Waals surface area (Å²) in [6.07, 6.45) is 5.33. The Morgan fingerprint density at radius 1 is 1.38 bits per heavy atom. The summed E-state index contributed by atoms with van der Waals surface area (Å²) in [5.74, 6) is 0.908. The van der Waals surface area contributed by atoms with E-state index in [-0.39, 0.29) is 5.60 Å². The highest BCUT2D eigenvalue weighted by atomic mass is 16.6. The third-order valence-electron chi connectivity index (χ3n) is 2.61. The molecular weight excluding hydrogens is 200 g/mol. The molecule has 1 saturated heterocycles. The van der Waals surface area contributed by atoms with E-state index in [0.29, 0.717) is 6.61 Å². The number of ether oxygens (including phenoxy) is 2. The lowest BCUT2D eigenvalue weighted by Gasteiger charge is -2.08. The van der Waals surface area contributed by atoms with Crippen LogP contribution < -0.4 is 4.74 Å². The summed E-state index contributed by atoms with van der Waals surface area (Å²) >= 11 is 0. The van der Waals surface area contributed by atoms with Crippen LogP contribution in [-0.4, -0.2) is 18.8 Å². The van der Waals surface area contributed by atoms with Crippen molar-refractivity contribution >= 4 is 6.08 Å². The van der Waals surface area contributed by atoms with Gasteiger partial charge in [-0.1, -0.05) is 31.2 Å². The maximum atomic E-state index is 5.64. The molecule has 1 heterocycles. The Morgan fingerprint density at radius 2 is 2.06 bits per heavy atom. The topological polar surface area (TPSA) is 21.8 Å². The number of hydrogen-bond acceptors (Lipinski definition) is 2. The van der Waals surface area contributed by atoms with Crippen molar-refractivity contribution in [3.63, 3.8) is 0 Å². The van der Waals surface area contributed by atoms with Gasteiger partial charge in [-0.05, 0) is 31.0 Å². The molecule has 1 aromatic rings. The Balaban J connectivity index is 1.88. The summed E-state index contributed by atoms with van der Waals surface area (Å²) in [6, 6.07) is 8.14. The van der Waals surface area contributed by atoms with Crippen molar-refractivity contribution in [2.24, 2.45) is 0 Å². The van der Waals surface area contributed by atoms with Gasteiger partial charge in [0, 0.05) is 0 Å². The van der Waals surface area contributed by atoms with Crippen LogP contribution in [0.1, 0.15) is 25.8 Å². The minimum Gasteiger partial charge on any atom is -0.491 e. The SMILES string of the molecule is CC/C=C/c1ccc(OCC2(C)CO2)cc1. The molecule has 0 aliphatic carbocycles. The van der Waals surface area contributed by atoms with Gasteiger partial charge < -0.3 is 9.47 Å². The molecule has 86 valence electrons. The zero-order valence-corrected chi connectivity index (χ0v) is 9.90. The van der Waals surface area contributed by atoms with Crippen molar-refractivity contribution in [2.75, 3.05) is 13.2 Å². The van der Waals surface area contributed by atoms with Gasteiger partial charge in [0.15, 0.2) is 0 Å². The molecule has 0 saturated carbocycles. The minimum atomic E-state index is -0.0409. The molecule has 0 spiro atoms. The maximum Gasteiger partial charge on any atom is 0.123 e. The molecule has 0 aromatic heterocycles. The van der Waals surface area contributed by atoms with Crippen LogP contribution in [0.3, 0.4) is 0 Å². The number of rotatable bonds is 5. The van der Waals surface area contributed by atoms with Gasteiger partial charge in [-0.3, -0.25) is 0 Å². The average Bonchev–Trinajstić information content (AvgIpc) is 3.04. The number of hydrogen-bond donors (Lipinski definition) is 0. The van der Waals surface area contributed by atoms with Crippen LogP contribution in [0.5, 0.6) is 5.75 Å². The van der Waals surface area contributed by atoms with Crippen LogP contribution in [-0.2, 0) is 4.74 Å². The van der Waals surface area contributed by atoms with Crippen molar-refractivity contribution in [2.45, 2.75) is 25.9 Å². The van der Waals surface area contributed by atoms with Crippen LogP contribution >= 0.6 is 0 Å². The molecule has 1 aromatic carbocycles. The van der Waals surface area contributed by atoms with Crippen LogP contribution in [0.4, 0.5) is 0 Å². The largest absolute Gasteiger partial charge is 0.491 e. The summed E-state index contributed by atoms with van der Waals surface area (Å²) in [5, 5.41) is 0. The first-order valence-corrected chi connectivity index (χ1v) is 5.75. The quantitative estimate of drug-likeness (QED) is 0.707. The first-order valence-electron chi connectivity index (χ1n) is 5.75. The predicted molar refractivity (Wildman–Crippen MR) is 65.6 cm³/mol. The van der Waals surface area contributed by atoms with Gasteiger partial charge in [0.2, 0.25) is 0 Å². The van der Waals surface area contributed by atoms with Gasteiger partial charge in [-0.2, -0.15) is 0 Å². The Bertz CT molecular complexity index is 361. The van der Waals surface area contributed by atoms with E-state index in [1.54, 1.807) is 0 Å². The second-order valence-electron chi connectivity index (χ2n) is 4.41. The number of benzene rings is 1. The van der Waals surface area contributed by atoms with E-state index in [9.17, 15) is 0 Å². The summed E-state index contributed by atoms with van der Waals surface area (Å²) < 4.78 is 10.9. The normalized spacial score (nSPS) is 23.6. The Kier molecular flexibility index (Phi) is 3.30. The lowest BCUT2D eigenvalue weighted by molar-refractivity contribution is 0.202. The van der Waals surface area contributed by atoms with Gasteiger partial charge in [-0.15, -0.1) is 0 Å². The van der Waals surface area contributed by atoms with Crippen molar-refractivity contribution in [3.8, 4) is 5.75 Å². The third kappa shape index (κ3) is 3.11. The van der Waals surface area contributed by atoms with Crippen molar-refractivity contribution < 1.29 is 9.47 Å². The lowest BCUT2D eigenvalue weighted by atomic mass is 10.2. The molecule has 2 heteroatoms. The molecular formula is C14H18O2. The second kappa shape index (κ2) is 4.71. The fraction of sp³-hybridized carbons (Fsp3) is 0.429. The Labute approximate surface area is 96.9 Å². The molecule has 16 heavy (non-hydrogen) atoms. The van der Waals surface area contributed by atoms with E-state index in [4.69, 9.17) is 9.47 Å². The zero-order valence-electron chi connectivity index (χ0n) is 9.90. The van der Waals surface area contributed by atoms with Gasteiger partial charge in [0.25, 0.3) is 0 Å². The standard InChI is InChI=1S/C14H18O2/c1-3-4-5-12-6-8-13(9-7-12)15-10-14(2)11-16-14/h4-9H,3,10-11H2,1-2H3/b5-4+. The molecule has 1 atom stereocenters. The van der Waals surface area contributed by atoms with Crippen molar-refractivity contribution in [1.82, 2.24) is 0 Å². The molecule has 1 fully saturated rings. The summed E-state index contributed by atoms with van der Waals surface area (Å²) in [7, 11) is 0. The Morgan fingerprint density at radius 3 is 2.62 bits per heavy atom. The van der Waals surface area contributed by atoms with Crippen LogP contribution in [0.2, 0.25) is 0 Å². The molecule has 2 nitrogen and oxygen atoms in total. The van der Waals surface area contributed by atoms with Crippen molar-refractivity contribution in [3.05, 3.63) is 35.9 Å². The second-order valence-corrected chi connectivity index (χ2v) is 4.41. The first-order chi connectivity index (χ1) is 7.72. The maximum absolute atomic E-state index is 5.64. The van der Waals surface area contributed by atoms with Crippen molar-refractivity contribution in [1.29, 1.82) is 0 Å². The van der Waals surface area contributed by atoms with E-state index >= 15 is 0 Å². The Hall–Kier alpha value is -1.28. The molecule has 0 amide bonds. The van der Waals surface area contributed by atoms with Crippen LogP contribution in [0.25, 0.3) is 6.08 Å². The highest BCUT2D eigenvalue weighted by Crippen LogP contribution is 2.26. The fourth-order valence-electron chi connectivity index (χ4n) is 1.37. The zero-order chi connectivity index (χ0) is 11.4. The molecule has 0 radical (unpaired) electrons. The van der Waals surface area contributed by atoms with E-state index < -0.39 is 0 Å². The van der Waals surface area contributed by atoms with Crippen LogP contribution in [0, 0.1) is 0 Å². The highest BCUT2D eigenvalue weighted by Gasteiger charge is 2.40. The van der Waals surface area contributed by atoms with Gasteiger partial charge >= 0.3 is 0 Å². The van der Waals surface area contributed by atoms with E-state index in [2.05, 4.69) is 38.1 Å². The van der Waals surface area contributed by atoms with Gasteiger partial charge in [0.1, 0.15) is 18.0 Å². The smallest absolute Gasteiger partial charge is 0.123 e. The van der Waals surface area contributed by atoms with Crippen LogP contribution in [0.15, 0.2) is 30.3 Å². The molecule has 0 N–H and O–H groups in total. The lowest BCUT2D eigenvalue weighted by Crippen LogP contribution is -2.16. The highest BCUT2D eigenvalue weighted by molar-refractivity contribution is 5.50. The summed E-state index contributed by atoms with van der Waals surface area (Å²) in [5.41, 5.74) is 1.17. The van der Waals surface area contributed by atoms with E-state index in [0.717, 1.165) is 18.8 Å². The molecule has 1 aliphatic heterocycles. The number of epoxide rings is 1. The first kappa shape index (κ1) is 11.2. The average molecular weight is 218 g/mol. The monoisotopic (exact) mass is 218 g/mol. The molecule has 1 unspecified atom stereocenters.